The first-order chi connectivity index (χ1) is 9.49. The van der Waals surface area contributed by atoms with Crippen molar-refractivity contribution in [1.29, 1.82) is 0 Å². The van der Waals surface area contributed by atoms with Crippen LogP contribution in [0.2, 0.25) is 0 Å². The summed E-state index contributed by atoms with van der Waals surface area (Å²) in [6, 6.07) is 13.5. The first kappa shape index (κ1) is 14.4. The number of benzene rings is 2. The van der Waals surface area contributed by atoms with Crippen molar-refractivity contribution in [3.63, 3.8) is 0 Å². The maximum absolute atomic E-state index is 11.2. The summed E-state index contributed by atoms with van der Waals surface area (Å²) >= 11 is 0. The van der Waals surface area contributed by atoms with Crippen LogP contribution in [0, 0.1) is 0 Å². The molecule has 0 spiro atoms. The van der Waals surface area contributed by atoms with E-state index in [-0.39, 0.29) is 4.90 Å². The maximum atomic E-state index is 11.2. The normalized spacial score (nSPS) is 11.1. The molecule has 20 heavy (non-hydrogen) atoms. The Morgan fingerprint density at radius 3 is 2.35 bits per heavy atom. The second kappa shape index (κ2) is 5.94. The summed E-state index contributed by atoms with van der Waals surface area (Å²) in [6.07, 6.45) is 0. The second-order valence-electron chi connectivity index (χ2n) is 4.16. The van der Waals surface area contributed by atoms with E-state index in [2.05, 4.69) is 0 Å². The second-order valence-corrected chi connectivity index (χ2v) is 5.72. The summed E-state index contributed by atoms with van der Waals surface area (Å²) in [5.41, 5.74) is 0.951. The highest BCUT2D eigenvalue weighted by Crippen LogP contribution is 2.18. The molecule has 0 radical (unpaired) electrons. The SMILES string of the molecule is COc1ccc(COc2cccc(S(N)(=O)=O)c2)cc1. The van der Waals surface area contributed by atoms with Gasteiger partial charge in [-0.2, -0.15) is 0 Å². The van der Waals surface area contributed by atoms with E-state index in [0.717, 1.165) is 11.3 Å². The molecule has 0 aliphatic rings. The molecule has 0 unspecified atom stereocenters. The van der Waals surface area contributed by atoms with Crippen LogP contribution in [-0.2, 0) is 16.6 Å². The summed E-state index contributed by atoms with van der Waals surface area (Å²) in [5.74, 6) is 1.22. The lowest BCUT2D eigenvalue weighted by Gasteiger charge is -2.08. The summed E-state index contributed by atoms with van der Waals surface area (Å²) < 4.78 is 33.1. The lowest BCUT2D eigenvalue weighted by atomic mass is 10.2. The fraction of sp³-hybridized carbons (Fsp3) is 0.143. The third-order valence-electron chi connectivity index (χ3n) is 2.70. The molecule has 0 aromatic heterocycles. The van der Waals surface area contributed by atoms with Gasteiger partial charge in [-0.15, -0.1) is 0 Å². The van der Waals surface area contributed by atoms with Gasteiger partial charge in [0.2, 0.25) is 10.0 Å². The van der Waals surface area contributed by atoms with E-state index in [1.54, 1.807) is 19.2 Å². The molecule has 0 aliphatic carbocycles. The molecule has 0 amide bonds. The Morgan fingerprint density at radius 1 is 1.05 bits per heavy atom. The van der Waals surface area contributed by atoms with Gasteiger partial charge in [0, 0.05) is 6.07 Å². The van der Waals surface area contributed by atoms with E-state index in [0.29, 0.717) is 12.4 Å². The van der Waals surface area contributed by atoms with Gasteiger partial charge in [0.25, 0.3) is 0 Å². The van der Waals surface area contributed by atoms with Crippen LogP contribution in [0.5, 0.6) is 11.5 Å². The van der Waals surface area contributed by atoms with Crippen molar-refractivity contribution in [1.82, 2.24) is 0 Å². The lowest BCUT2D eigenvalue weighted by Crippen LogP contribution is -2.12. The number of sulfonamides is 1. The lowest BCUT2D eigenvalue weighted by molar-refractivity contribution is 0.305. The molecule has 106 valence electrons. The minimum absolute atomic E-state index is 0.0322. The van der Waals surface area contributed by atoms with Crippen molar-refractivity contribution >= 4 is 10.0 Å². The van der Waals surface area contributed by atoms with Crippen LogP contribution in [0.3, 0.4) is 0 Å². The molecule has 2 aromatic rings. The van der Waals surface area contributed by atoms with Gasteiger partial charge in [-0.05, 0) is 29.8 Å². The Kier molecular flexibility index (Phi) is 4.26. The molecule has 2 rings (SSSR count). The molecule has 2 N–H and O–H groups in total. The zero-order chi connectivity index (χ0) is 14.6. The number of hydrogen-bond donors (Lipinski definition) is 1. The Morgan fingerprint density at radius 2 is 1.75 bits per heavy atom. The van der Waals surface area contributed by atoms with Crippen LogP contribution < -0.4 is 14.6 Å². The highest BCUT2D eigenvalue weighted by Gasteiger charge is 2.08. The number of methoxy groups -OCH3 is 1. The fourth-order valence-corrected chi connectivity index (χ4v) is 2.18. The molecule has 0 bridgehead atoms. The van der Waals surface area contributed by atoms with Crippen molar-refractivity contribution in [2.75, 3.05) is 7.11 Å². The van der Waals surface area contributed by atoms with Gasteiger partial charge in [-0.25, -0.2) is 13.6 Å². The van der Waals surface area contributed by atoms with Crippen LogP contribution in [0.1, 0.15) is 5.56 Å². The van der Waals surface area contributed by atoms with Crippen LogP contribution in [0.25, 0.3) is 0 Å². The molecule has 2 aromatic carbocycles. The number of nitrogens with two attached hydrogens (primary N) is 1. The van der Waals surface area contributed by atoms with E-state index in [1.165, 1.54) is 12.1 Å². The van der Waals surface area contributed by atoms with Gasteiger partial charge < -0.3 is 9.47 Å². The number of rotatable bonds is 5. The molecule has 6 heteroatoms. The molecule has 0 saturated heterocycles. The Balaban J connectivity index is 2.07. The molecular formula is C14H15NO4S. The van der Waals surface area contributed by atoms with Crippen LogP contribution >= 0.6 is 0 Å². The zero-order valence-corrected chi connectivity index (χ0v) is 11.8. The average molecular weight is 293 g/mol. The first-order valence-corrected chi connectivity index (χ1v) is 7.42. The molecule has 0 saturated carbocycles. The van der Waals surface area contributed by atoms with E-state index < -0.39 is 10.0 Å². The Hall–Kier alpha value is -2.05. The summed E-state index contributed by atoms with van der Waals surface area (Å²) in [5, 5.41) is 5.07. The van der Waals surface area contributed by atoms with Crippen LogP contribution in [0.15, 0.2) is 53.4 Å². The Bertz CT molecular complexity index is 681. The van der Waals surface area contributed by atoms with Gasteiger partial charge in [0.15, 0.2) is 0 Å². The van der Waals surface area contributed by atoms with Gasteiger partial charge in [-0.3, -0.25) is 0 Å². The van der Waals surface area contributed by atoms with E-state index >= 15 is 0 Å². The minimum atomic E-state index is -3.71. The fourth-order valence-electron chi connectivity index (χ4n) is 1.63. The number of hydrogen-bond acceptors (Lipinski definition) is 4. The largest absolute Gasteiger partial charge is 0.497 e. The quantitative estimate of drug-likeness (QED) is 0.913. The highest BCUT2D eigenvalue weighted by molar-refractivity contribution is 7.89. The maximum Gasteiger partial charge on any atom is 0.238 e. The standard InChI is InChI=1S/C14H15NO4S/c1-18-12-7-5-11(6-8-12)10-19-13-3-2-4-14(9-13)20(15,16)17/h2-9H,10H2,1H3,(H2,15,16,17). The summed E-state index contributed by atoms with van der Waals surface area (Å²) in [7, 11) is -2.11. The predicted molar refractivity (Wildman–Crippen MR) is 75.1 cm³/mol. The molecule has 5 nitrogen and oxygen atoms in total. The topological polar surface area (TPSA) is 78.6 Å². The number of primary sulfonamides is 1. The smallest absolute Gasteiger partial charge is 0.238 e. The van der Waals surface area contributed by atoms with Crippen molar-refractivity contribution in [3.8, 4) is 11.5 Å². The monoisotopic (exact) mass is 293 g/mol. The summed E-state index contributed by atoms with van der Waals surface area (Å²) in [4.78, 5) is 0.0322. The molecule has 0 heterocycles. The van der Waals surface area contributed by atoms with Crippen molar-refractivity contribution in [2.24, 2.45) is 5.14 Å². The van der Waals surface area contributed by atoms with Crippen molar-refractivity contribution in [2.45, 2.75) is 11.5 Å². The first-order valence-electron chi connectivity index (χ1n) is 5.87. The minimum Gasteiger partial charge on any atom is -0.497 e. The van der Waals surface area contributed by atoms with E-state index in [1.807, 2.05) is 24.3 Å². The molecule has 0 atom stereocenters. The van der Waals surface area contributed by atoms with Crippen LogP contribution in [-0.4, -0.2) is 15.5 Å². The van der Waals surface area contributed by atoms with E-state index in [9.17, 15) is 8.42 Å². The molecule has 0 fully saturated rings. The predicted octanol–water partition coefficient (Wildman–Crippen LogP) is 1.92. The number of ether oxygens (including phenoxy) is 2. The Labute approximate surface area is 118 Å². The zero-order valence-electron chi connectivity index (χ0n) is 10.9. The highest BCUT2D eigenvalue weighted by atomic mass is 32.2. The third kappa shape index (κ3) is 3.72. The third-order valence-corrected chi connectivity index (χ3v) is 3.61. The molecule has 0 aliphatic heterocycles. The van der Waals surface area contributed by atoms with Crippen molar-refractivity contribution in [3.05, 3.63) is 54.1 Å². The van der Waals surface area contributed by atoms with Gasteiger partial charge in [0.1, 0.15) is 18.1 Å². The van der Waals surface area contributed by atoms with Gasteiger partial charge >= 0.3 is 0 Å². The van der Waals surface area contributed by atoms with E-state index in [4.69, 9.17) is 14.6 Å². The van der Waals surface area contributed by atoms with Crippen LogP contribution in [0.4, 0.5) is 0 Å². The summed E-state index contributed by atoms with van der Waals surface area (Å²) in [6.45, 7) is 0.331. The average Bonchev–Trinajstić information content (AvgIpc) is 2.45. The molecular weight excluding hydrogens is 278 g/mol. The van der Waals surface area contributed by atoms with Crippen molar-refractivity contribution < 1.29 is 17.9 Å². The van der Waals surface area contributed by atoms with Gasteiger partial charge in [-0.1, -0.05) is 18.2 Å². The van der Waals surface area contributed by atoms with Gasteiger partial charge in [0.05, 0.1) is 12.0 Å².